The monoisotopic (exact) mass is 484 g/mol. The summed E-state index contributed by atoms with van der Waals surface area (Å²) in [5.74, 6) is -1.42. The third kappa shape index (κ3) is 5.43. The number of carbonyl (C=O) groups is 3. The van der Waals surface area contributed by atoms with Crippen LogP contribution in [0.5, 0.6) is 0 Å². The van der Waals surface area contributed by atoms with Gasteiger partial charge in [-0.05, 0) is 60.7 Å². The van der Waals surface area contributed by atoms with E-state index in [1.807, 2.05) is 30.3 Å². The Morgan fingerprint density at radius 2 is 1.25 bits per heavy atom. The second-order valence-electron chi connectivity index (χ2n) is 7.93. The third-order valence-corrected chi connectivity index (χ3v) is 5.56. The van der Waals surface area contributed by atoms with Gasteiger partial charge < -0.3 is 15.5 Å². The molecular weight excluding hydrogens is 460 g/mol. The SMILES string of the molecule is O=C(Nc1ccc(N=Nc2ccccc2)cc1)c1ccc(N2C(=O)C(CCO)=C(CCO)C2=O)cc1. The maximum Gasteiger partial charge on any atom is 0.261 e. The van der Waals surface area contributed by atoms with Crippen LogP contribution < -0.4 is 10.2 Å². The highest BCUT2D eigenvalue weighted by molar-refractivity contribution is 6.33. The topological polar surface area (TPSA) is 132 Å². The predicted octanol–water partition coefficient (Wildman–Crippen LogP) is 4.29. The lowest BCUT2D eigenvalue weighted by Gasteiger charge is -2.16. The maximum atomic E-state index is 12.8. The molecule has 182 valence electrons. The zero-order chi connectivity index (χ0) is 25.5. The lowest BCUT2D eigenvalue weighted by atomic mass is 10.1. The Balaban J connectivity index is 1.41. The Kier molecular flexibility index (Phi) is 7.74. The second kappa shape index (κ2) is 11.3. The molecule has 0 atom stereocenters. The van der Waals surface area contributed by atoms with Gasteiger partial charge in [0.25, 0.3) is 17.7 Å². The number of azo groups is 1. The van der Waals surface area contributed by atoms with Crippen molar-refractivity contribution in [1.82, 2.24) is 0 Å². The highest BCUT2D eigenvalue weighted by Crippen LogP contribution is 2.30. The van der Waals surface area contributed by atoms with E-state index in [1.54, 1.807) is 24.3 Å². The number of carbonyl (C=O) groups excluding carboxylic acids is 3. The van der Waals surface area contributed by atoms with E-state index < -0.39 is 11.8 Å². The van der Waals surface area contributed by atoms with Gasteiger partial charge in [0.15, 0.2) is 0 Å². The Morgan fingerprint density at radius 3 is 1.78 bits per heavy atom. The lowest BCUT2D eigenvalue weighted by molar-refractivity contribution is -0.120. The minimum atomic E-state index is -0.529. The van der Waals surface area contributed by atoms with E-state index in [0.717, 1.165) is 10.6 Å². The highest BCUT2D eigenvalue weighted by atomic mass is 16.3. The number of nitrogens with zero attached hydrogens (tertiary/aromatic N) is 3. The number of benzene rings is 3. The molecule has 9 heteroatoms. The molecule has 3 N–H and O–H groups in total. The van der Waals surface area contributed by atoms with E-state index in [0.29, 0.717) is 22.6 Å². The molecule has 0 saturated carbocycles. The maximum absolute atomic E-state index is 12.8. The van der Waals surface area contributed by atoms with Crippen LogP contribution in [0.25, 0.3) is 0 Å². The van der Waals surface area contributed by atoms with Gasteiger partial charge in [-0.15, -0.1) is 0 Å². The number of anilines is 2. The summed E-state index contributed by atoms with van der Waals surface area (Å²) in [6.45, 7) is -0.569. The van der Waals surface area contributed by atoms with Crippen LogP contribution in [0, 0.1) is 0 Å². The second-order valence-corrected chi connectivity index (χ2v) is 7.93. The van der Waals surface area contributed by atoms with Crippen LogP contribution in [-0.4, -0.2) is 41.1 Å². The van der Waals surface area contributed by atoms with Crippen molar-refractivity contribution in [1.29, 1.82) is 0 Å². The molecule has 3 aromatic carbocycles. The van der Waals surface area contributed by atoms with E-state index in [4.69, 9.17) is 0 Å². The van der Waals surface area contributed by atoms with Crippen LogP contribution in [0.1, 0.15) is 23.2 Å². The van der Waals surface area contributed by atoms with Crippen molar-refractivity contribution in [2.24, 2.45) is 10.2 Å². The van der Waals surface area contributed by atoms with Crippen molar-refractivity contribution in [2.45, 2.75) is 12.8 Å². The summed E-state index contributed by atoms with van der Waals surface area (Å²) in [6, 6.07) is 22.3. The Hall–Kier alpha value is -4.47. The molecule has 9 nitrogen and oxygen atoms in total. The number of aliphatic hydroxyl groups is 2. The van der Waals surface area contributed by atoms with Crippen molar-refractivity contribution >= 4 is 40.5 Å². The van der Waals surface area contributed by atoms with E-state index in [2.05, 4.69) is 15.5 Å². The Morgan fingerprint density at radius 1 is 0.722 bits per heavy atom. The molecule has 0 saturated heterocycles. The molecule has 3 amide bonds. The number of imide groups is 1. The number of aliphatic hydroxyl groups excluding tert-OH is 2. The molecule has 0 aliphatic carbocycles. The van der Waals surface area contributed by atoms with E-state index in [9.17, 15) is 24.6 Å². The van der Waals surface area contributed by atoms with Gasteiger partial charge in [0.2, 0.25) is 0 Å². The molecule has 0 fully saturated rings. The van der Waals surface area contributed by atoms with Crippen LogP contribution in [-0.2, 0) is 9.59 Å². The predicted molar refractivity (Wildman–Crippen MR) is 134 cm³/mol. The van der Waals surface area contributed by atoms with E-state index >= 15 is 0 Å². The summed E-state index contributed by atoms with van der Waals surface area (Å²) >= 11 is 0. The van der Waals surface area contributed by atoms with Crippen LogP contribution >= 0.6 is 0 Å². The Bertz CT molecular complexity index is 1290. The van der Waals surface area contributed by atoms with Crippen molar-refractivity contribution in [3.63, 3.8) is 0 Å². The van der Waals surface area contributed by atoms with Crippen molar-refractivity contribution < 1.29 is 24.6 Å². The molecule has 3 aromatic rings. The third-order valence-electron chi connectivity index (χ3n) is 5.56. The van der Waals surface area contributed by atoms with E-state index in [-0.39, 0.29) is 43.1 Å². The molecule has 0 unspecified atom stereocenters. The zero-order valence-electron chi connectivity index (χ0n) is 19.3. The normalized spacial score (nSPS) is 13.7. The zero-order valence-corrected chi connectivity index (χ0v) is 19.3. The van der Waals surface area contributed by atoms with Crippen molar-refractivity contribution in [2.75, 3.05) is 23.4 Å². The number of rotatable bonds is 9. The smallest absolute Gasteiger partial charge is 0.261 e. The standard InChI is InChI=1S/C27H24N4O5/c32-16-14-23-24(15-17-33)27(36)31(26(23)35)22-12-6-18(7-13-22)25(34)28-19-8-10-21(11-9-19)30-29-20-4-2-1-3-5-20/h1-13,32-33H,14-17H2,(H,28,34). The summed E-state index contributed by atoms with van der Waals surface area (Å²) < 4.78 is 0. The van der Waals surface area contributed by atoms with E-state index in [1.165, 1.54) is 24.3 Å². The molecule has 1 aliphatic rings. The molecule has 0 radical (unpaired) electrons. The molecule has 0 aromatic heterocycles. The van der Waals surface area contributed by atoms with Gasteiger partial charge in [-0.1, -0.05) is 18.2 Å². The molecule has 0 bridgehead atoms. The number of amides is 3. The van der Waals surface area contributed by atoms with Gasteiger partial charge in [-0.2, -0.15) is 10.2 Å². The summed E-state index contributed by atoms with van der Waals surface area (Å²) in [4.78, 5) is 39.2. The minimum absolute atomic E-state index is 0.0311. The summed E-state index contributed by atoms with van der Waals surface area (Å²) in [5.41, 5.74) is 2.98. The molecule has 0 spiro atoms. The van der Waals surface area contributed by atoms with Gasteiger partial charge in [-0.25, -0.2) is 4.90 Å². The van der Waals surface area contributed by atoms with Gasteiger partial charge in [-0.3, -0.25) is 14.4 Å². The van der Waals surface area contributed by atoms with Gasteiger partial charge in [0.1, 0.15) is 0 Å². The molecular formula is C27H24N4O5. The Labute approximate surface area is 207 Å². The van der Waals surface area contributed by atoms with Gasteiger partial charge >= 0.3 is 0 Å². The fourth-order valence-electron chi connectivity index (χ4n) is 3.78. The summed E-state index contributed by atoms with van der Waals surface area (Å²) in [5, 5.41) is 29.6. The van der Waals surface area contributed by atoms with Crippen LogP contribution in [0.4, 0.5) is 22.7 Å². The van der Waals surface area contributed by atoms with Crippen molar-refractivity contribution in [3.8, 4) is 0 Å². The van der Waals surface area contributed by atoms with Crippen LogP contribution in [0.3, 0.4) is 0 Å². The first kappa shape index (κ1) is 24.6. The van der Waals surface area contributed by atoms with Crippen LogP contribution in [0.2, 0.25) is 0 Å². The molecule has 1 heterocycles. The fourth-order valence-corrected chi connectivity index (χ4v) is 3.78. The first-order valence-electron chi connectivity index (χ1n) is 11.3. The minimum Gasteiger partial charge on any atom is -0.396 e. The number of hydrogen-bond acceptors (Lipinski definition) is 7. The highest BCUT2D eigenvalue weighted by Gasteiger charge is 2.38. The molecule has 36 heavy (non-hydrogen) atoms. The molecule has 4 rings (SSSR count). The average Bonchev–Trinajstić information content (AvgIpc) is 3.13. The summed E-state index contributed by atoms with van der Waals surface area (Å²) in [6.07, 6.45) is 0.0621. The van der Waals surface area contributed by atoms with Gasteiger partial charge in [0.05, 0.1) is 17.1 Å². The number of nitrogens with one attached hydrogen (secondary N) is 1. The summed E-state index contributed by atoms with van der Waals surface area (Å²) in [7, 11) is 0. The lowest BCUT2D eigenvalue weighted by Crippen LogP contribution is -2.32. The average molecular weight is 485 g/mol. The first-order chi connectivity index (χ1) is 17.5. The molecule has 1 aliphatic heterocycles. The largest absolute Gasteiger partial charge is 0.396 e. The first-order valence-corrected chi connectivity index (χ1v) is 11.3. The van der Waals surface area contributed by atoms with Crippen LogP contribution in [0.15, 0.2) is 100 Å². The number of hydrogen-bond donors (Lipinski definition) is 3. The van der Waals surface area contributed by atoms with Gasteiger partial charge in [0, 0.05) is 48.5 Å². The van der Waals surface area contributed by atoms with Crippen molar-refractivity contribution in [3.05, 3.63) is 95.6 Å². The quantitative estimate of drug-likeness (QED) is 0.308. The fraction of sp³-hybridized carbons (Fsp3) is 0.148.